The van der Waals surface area contributed by atoms with E-state index in [4.69, 9.17) is 23.2 Å². The van der Waals surface area contributed by atoms with Crippen molar-refractivity contribution >= 4 is 40.1 Å². The molecule has 0 spiro atoms. The molecule has 0 saturated carbocycles. The van der Waals surface area contributed by atoms with Crippen LogP contribution < -0.4 is 10.9 Å². The van der Waals surface area contributed by atoms with Crippen LogP contribution in [0.5, 0.6) is 0 Å². The van der Waals surface area contributed by atoms with Crippen molar-refractivity contribution in [2.45, 2.75) is 33.0 Å². The number of nitrogens with one attached hydrogen (secondary N) is 1. The van der Waals surface area contributed by atoms with Gasteiger partial charge in [-0.25, -0.2) is 9.97 Å². The van der Waals surface area contributed by atoms with Gasteiger partial charge in [0.2, 0.25) is 5.91 Å². The summed E-state index contributed by atoms with van der Waals surface area (Å²) in [6.07, 6.45) is 1.66. The van der Waals surface area contributed by atoms with Crippen LogP contribution in [0.15, 0.2) is 59.5 Å². The van der Waals surface area contributed by atoms with Crippen molar-refractivity contribution in [1.82, 2.24) is 24.8 Å². The maximum atomic E-state index is 13.7. The van der Waals surface area contributed by atoms with Crippen molar-refractivity contribution in [2.75, 3.05) is 14.1 Å². The lowest BCUT2D eigenvalue weighted by atomic mass is 10.0. The first-order valence-corrected chi connectivity index (χ1v) is 12.3. The fourth-order valence-corrected chi connectivity index (χ4v) is 4.43. The van der Waals surface area contributed by atoms with Crippen molar-refractivity contribution in [1.29, 1.82) is 0 Å². The van der Waals surface area contributed by atoms with E-state index < -0.39 is 0 Å². The zero-order valence-electron chi connectivity index (χ0n) is 20.5. The molecule has 0 saturated heterocycles. The van der Waals surface area contributed by atoms with Gasteiger partial charge in [-0.15, -0.1) is 0 Å². The van der Waals surface area contributed by atoms with Crippen molar-refractivity contribution in [2.24, 2.45) is 0 Å². The number of halogens is 2. The summed E-state index contributed by atoms with van der Waals surface area (Å²) in [5.74, 6) is 0.0280. The van der Waals surface area contributed by atoms with Crippen LogP contribution in [-0.2, 0) is 17.9 Å². The molecule has 7 nitrogen and oxygen atoms in total. The fraction of sp³-hybridized carbons (Fsp3) is 0.259. The first kappa shape index (κ1) is 25.8. The maximum absolute atomic E-state index is 13.7. The summed E-state index contributed by atoms with van der Waals surface area (Å²) in [6, 6.07) is 14.5. The monoisotopic (exact) mass is 523 g/mol. The average molecular weight is 524 g/mol. The molecule has 0 radical (unpaired) electrons. The second-order valence-electron chi connectivity index (χ2n) is 9.21. The summed E-state index contributed by atoms with van der Waals surface area (Å²) in [4.78, 5) is 37.6. The SMILES string of the molecule is CC(C)NC(=O)Cn1c(-c2cccc(Cl)c2)nc2ncc(-c3cc(CN(C)C)ccc3Cl)cc2c1=O. The van der Waals surface area contributed by atoms with Crippen LogP contribution in [0.2, 0.25) is 10.0 Å². The van der Waals surface area contributed by atoms with E-state index in [0.717, 1.165) is 17.7 Å². The highest BCUT2D eigenvalue weighted by molar-refractivity contribution is 6.33. The lowest BCUT2D eigenvalue weighted by Gasteiger charge is -2.16. The lowest BCUT2D eigenvalue weighted by Crippen LogP contribution is -2.37. The average Bonchev–Trinajstić information content (AvgIpc) is 2.81. The third kappa shape index (κ3) is 5.75. The van der Waals surface area contributed by atoms with Gasteiger partial charge in [0.05, 0.1) is 5.39 Å². The predicted molar refractivity (Wildman–Crippen MR) is 145 cm³/mol. The van der Waals surface area contributed by atoms with E-state index in [1.807, 2.05) is 46.1 Å². The molecule has 2 aromatic heterocycles. The van der Waals surface area contributed by atoms with Gasteiger partial charge in [-0.05, 0) is 63.8 Å². The third-order valence-corrected chi connectivity index (χ3v) is 6.05. The summed E-state index contributed by atoms with van der Waals surface area (Å²) in [6.45, 7) is 4.28. The Balaban J connectivity index is 1.89. The highest BCUT2D eigenvalue weighted by atomic mass is 35.5. The minimum atomic E-state index is -0.371. The molecule has 1 amide bonds. The standard InChI is InChI=1S/C27H27Cl2N5O2/c1-16(2)31-24(35)15-34-26(18-6-5-7-20(28)11-18)32-25-22(27(34)36)12-19(13-30-25)21-10-17(14-33(3)4)8-9-23(21)29/h5-13,16H,14-15H2,1-4H3,(H,31,35). The van der Waals surface area contributed by atoms with Crippen molar-refractivity contribution < 1.29 is 4.79 Å². The molecule has 0 fully saturated rings. The molecular formula is C27H27Cl2N5O2. The van der Waals surface area contributed by atoms with E-state index in [-0.39, 0.29) is 29.7 Å². The Hall–Kier alpha value is -3.26. The molecule has 0 atom stereocenters. The largest absolute Gasteiger partial charge is 0.352 e. The molecule has 0 aliphatic rings. The van der Waals surface area contributed by atoms with Crippen LogP contribution in [0.25, 0.3) is 33.5 Å². The van der Waals surface area contributed by atoms with Gasteiger partial charge in [0.1, 0.15) is 12.4 Å². The normalized spacial score (nSPS) is 11.4. The molecule has 0 unspecified atom stereocenters. The Morgan fingerprint density at radius 3 is 2.56 bits per heavy atom. The summed E-state index contributed by atoms with van der Waals surface area (Å²) in [5, 5.41) is 4.18. The molecule has 0 aliphatic heterocycles. The van der Waals surface area contributed by atoms with Gasteiger partial charge >= 0.3 is 0 Å². The first-order valence-electron chi connectivity index (χ1n) is 11.5. The molecule has 2 aromatic carbocycles. The van der Waals surface area contributed by atoms with Gasteiger partial charge in [0, 0.05) is 45.5 Å². The van der Waals surface area contributed by atoms with E-state index in [0.29, 0.717) is 32.4 Å². The third-order valence-electron chi connectivity index (χ3n) is 5.48. The Morgan fingerprint density at radius 1 is 1.08 bits per heavy atom. The second-order valence-corrected chi connectivity index (χ2v) is 10.1. The molecule has 4 rings (SSSR count). The number of carbonyl (C=O) groups is 1. The zero-order chi connectivity index (χ0) is 26.0. The number of hydrogen-bond donors (Lipinski definition) is 1. The summed E-state index contributed by atoms with van der Waals surface area (Å²) < 4.78 is 1.36. The molecule has 4 aromatic rings. The van der Waals surface area contributed by atoms with E-state index in [9.17, 15) is 9.59 Å². The molecule has 2 heterocycles. The number of amides is 1. The predicted octanol–water partition coefficient (Wildman–Crippen LogP) is 5.02. The van der Waals surface area contributed by atoms with Crippen LogP contribution in [0.4, 0.5) is 0 Å². The lowest BCUT2D eigenvalue weighted by molar-refractivity contribution is -0.122. The summed E-state index contributed by atoms with van der Waals surface area (Å²) in [5.41, 5.74) is 3.07. The quantitative estimate of drug-likeness (QED) is 0.367. The van der Waals surface area contributed by atoms with Crippen LogP contribution in [0, 0.1) is 0 Å². The topological polar surface area (TPSA) is 80.1 Å². The number of hydrogen-bond acceptors (Lipinski definition) is 5. The minimum absolute atomic E-state index is 0.0684. The van der Waals surface area contributed by atoms with E-state index in [1.165, 1.54) is 4.57 Å². The van der Waals surface area contributed by atoms with E-state index >= 15 is 0 Å². The summed E-state index contributed by atoms with van der Waals surface area (Å²) in [7, 11) is 3.99. The Bertz CT molecular complexity index is 1500. The van der Waals surface area contributed by atoms with Gasteiger partial charge in [-0.2, -0.15) is 0 Å². The number of benzene rings is 2. The van der Waals surface area contributed by atoms with Crippen LogP contribution >= 0.6 is 23.2 Å². The number of pyridine rings is 1. The van der Waals surface area contributed by atoms with Crippen molar-refractivity contribution in [3.63, 3.8) is 0 Å². The summed E-state index contributed by atoms with van der Waals surface area (Å²) >= 11 is 12.7. The van der Waals surface area contributed by atoms with E-state index in [2.05, 4.69) is 20.2 Å². The van der Waals surface area contributed by atoms with Crippen LogP contribution in [0.1, 0.15) is 19.4 Å². The van der Waals surface area contributed by atoms with Gasteiger partial charge in [0.25, 0.3) is 5.56 Å². The number of fused-ring (bicyclic) bond motifs is 1. The molecule has 0 aliphatic carbocycles. The molecule has 9 heteroatoms. The second kappa shape index (κ2) is 10.8. The Morgan fingerprint density at radius 2 is 1.86 bits per heavy atom. The maximum Gasteiger partial charge on any atom is 0.263 e. The molecule has 36 heavy (non-hydrogen) atoms. The van der Waals surface area contributed by atoms with Gasteiger partial charge < -0.3 is 10.2 Å². The fourth-order valence-electron chi connectivity index (χ4n) is 4.02. The Labute approximate surface area is 219 Å². The number of nitrogens with zero attached hydrogens (tertiary/aromatic N) is 4. The molecular weight excluding hydrogens is 497 g/mol. The van der Waals surface area contributed by atoms with Gasteiger partial charge in [-0.3, -0.25) is 14.2 Å². The van der Waals surface area contributed by atoms with Crippen molar-refractivity contribution in [3.05, 3.63) is 80.7 Å². The molecule has 186 valence electrons. The van der Waals surface area contributed by atoms with Crippen LogP contribution in [-0.4, -0.2) is 45.5 Å². The van der Waals surface area contributed by atoms with Crippen LogP contribution in [0.3, 0.4) is 0 Å². The highest BCUT2D eigenvalue weighted by Crippen LogP contribution is 2.30. The van der Waals surface area contributed by atoms with E-state index in [1.54, 1.807) is 36.5 Å². The number of rotatable bonds is 7. The first-order chi connectivity index (χ1) is 17.1. The van der Waals surface area contributed by atoms with Crippen molar-refractivity contribution in [3.8, 4) is 22.5 Å². The van der Waals surface area contributed by atoms with Gasteiger partial charge in [-0.1, -0.05) is 41.4 Å². The number of carbonyl (C=O) groups excluding carboxylic acids is 1. The smallest absolute Gasteiger partial charge is 0.263 e. The minimum Gasteiger partial charge on any atom is -0.352 e. The molecule has 0 bridgehead atoms. The molecule has 1 N–H and O–H groups in total. The number of aromatic nitrogens is 3. The zero-order valence-corrected chi connectivity index (χ0v) is 22.1. The Kier molecular flexibility index (Phi) is 7.73. The highest BCUT2D eigenvalue weighted by Gasteiger charge is 2.18. The van der Waals surface area contributed by atoms with Gasteiger partial charge in [0.15, 0.2) is 5.65 Å².